The fourth-order valence-corrected chi connectivity index (χ4v) is 3.48. The Bertz CT molecular complexity index is 915. The first-order valence-electron chi connectivity index (χ1n) is 10.6. The van der Waals surface area contributed by atoms with Gasteiger partial charge in [-0.1, -0.05) is 18.2 Å². The highest BCUT2D eigenvalue weighted by molar-refractivity contribution is 5.96. The molecule has 0 aromatic heterocycles. The summed E-state index contributed by atoms with van der Waals surface area (Å²) in [6.07, 6.45) is -0.543. The standard InChI is InChI=1S/C24H31N3O4/c1-5-30-21-12-7-6-11-20(21)26-13-15-27(16-14-26)22(28)18-9-8-10-19(17-18)25-23(29)31-24(2,3)4/h6-12,17H,5,13-16H2,1-4H3,(H,25,29). The predicted molar refractivity (Wildman–Crippen MR) is 122 cm³/mol. The number of para-hydroxylation sites is 2. The summed E-state index contributed by atoms with van der Waals surface area (Å²) in [5.74, 6) is 0.816. The van der Waals surface area contributed by atoms with Gasteiger partial charge in [-0.3, -0.25) is 10.1 Å². The van der Waals surface area contributed by atoms with Crippen molar-refractivity contribution in [2.45, 2.75) is 33.3 Å². The number of hydrogen-bond acceptors (Lipinski definition) is 5. The van der Waals surface area contributed by atoms with E-state index in [0.29, 0.717) is 30.9 Å². The molecule has 1 saturated heterocycles. The summed E-state index contributed by atoms with van der Waals surface area (Å²) in [6.45, 7) is 10.7. The second-order valence-corrected chi connectivity index (χ2v) is 8.39. The number of carbonyl (C=O) groups excluding carboxylic acids is 2. The number of carbonyl (C=O) groups is 2. The number of rotatable bonds is 5. The number of benzene rings is 2. The molecule has 166 valence electrons. The van der Waals surface area contributed by atoms with Crippen molar-refractivity contribution in [2.24, 2.45) is 0 Å². The van der Waals surface area contributed by atoms with Crippen molar-refractivity contribution < 1.29 is 19.1 Å². The van der Waals surface area contributed by atoms with Gasteiger partial charge >= 0.3 is 6.09 Å². The van der Waals surface area contributed by atoms with E-state index in [0.717, 1.165) is 24.5 Å². The van der Waals surface area contributed by atoms with Crippen LogP contribution in [0.25, 0.3) is 0 Å². The number of anilines is 2. The molecule has 1 aliphatic rings. The summed E-state index contributed by atoms with van der Waals surface area (Å²) in [6, 6.07) is 14.9. The van der Waals surface area contributed by atoms with Crippen LogP contribution in [0.3, 0.4) is 0 Å². The van der Waals surface area contributed by atoms with Crippen LogP contribution in [0.4, 0.5) is 16.2 Å². The molecule has 0 spiro atoms. The van der Waals surface area contributed by atoms with Gasteiger partial charge in [0, 0.05) is 37.4 Å². The molecule has 2 amide bonds. The van der Waals surface area contributed by atoms with E-state index in [1.165, 1.54) is 0 Å². The Kier molecular flexibility index (Phi) is 7.05. The Labute approximate surface area is 183 Å². The molecule has 0 bridgehead atoms. The molecule has 3 rings (SSSR count). The summed E-state index contributed by atoms with van der Waals surface area (Å²) in [5.41, 5.74) is 1.54. The number of hydrogen-bond donors (Lipinski definition) is 1. The highest BCUT2D eigenvalue weighted by atomic mass is 16.6. The third-order valence-electron chi connectivity index (χ3n) is 4.83. The molecule has 7 heteroatoms. The summed E-state index contributed by atoms with van der Waals surface area (Å²) >= 11 is 0. The maximum atomic E-state index is 13.0. The zero-order valence-corrected chi connectivity index (χ0v) is 18.7. The third kappa shape index (κ3) is 6.13. The number of nitrogens with zero attached hydrogens (tertiary/aromatic N) is 2. The fraction of sp³-hybridized carbons (Fsp3) is 0.417. The molecule has 2 aromatic rings. The number of amides is 2. The summed E-state index contributed by atoms with van der Waals surface area (Å²) < 4.78 is 11.0. The van der Waals surface area contributed by atoms with E-state index < -0.39 is 11.7 Å². The molecule has 1 N–H and O–H groups in total. The van der Waals surface area contributed by atoms with Gasteiger partial charge < -0.3 is 19.3 Å². The van der Waals surface area contributed by atoms with E-state index in [4.69, 9.17) is 9.47 Å². The van der Waals surface area contributed by atoms with Gasteiger partial charge in [-0.2, -0.15) is 0 Å². The van der Waals surface area contributed by atoms with Crippen molar-refractivity contribution in [3.05, 3.63) is 54.1 Å². The first-order valence-corrected chi connectivity index (χ1v) is 10.6. The first-order chi connectivity index (χ1) is 14.8. The van der Waals surface area contributed by atoms with Gasteiger partial charge in [-0.15, -0.1) is 0 Å². The lowest BCUT2D eigenvalue weighted by atomic mass is 10.1. The Morgan fingerprint density at radius 2 is 1.71 bits per heavy atom. The van der Waals surface area contributed by atoms with Gasteiger partial charge in [0.1, 0.15) is 11.4 Å². The van der Waals surface area contributed by atoms with Gasteiger partial charge in [0.25, 0.3) is 5.91 Å². The van der Waals surface area contributed by atoms with E-state index in [9.17, 15) is 9.59 Å². The average molecular weight is 426 g/mol. The van der Waals surface area contributed by atoms with Crippen LogP contribution < -0.4 is 15.0 Å². The number of ether oxygens (including phenoxy) is 2. The lowest BCUT2D eigenvalue weighted by Crippen LogP contribution is -2.48. The lowest BCUT2D eigenvalue weighted by Gasteiger charge is -2.36. The van der Waals surface area contributed by atoms with E-state index in [-0.39, 0.29) is 5.91 Å². The molecule has 2 aromatic carbocycles. The largest absolute Gasteiger partial charge is 0.492 e. The van der Waals surface area contributed by atoms with Crippen molar-refractivity contribution in [1.82, 2.24) is 4.90 Å². The fourth-order valence-electron chi connectivity index (χ4n) is 3.48. The third-order valence-corrected chi connectivity index (χ3v) is 4.83. The molecule has 31 heavy (non-hydrogen) atoms. The van der Waals surface area contributed by atoms with Crippen LogP contribution in [-0.4, -0.2) is 55.3 Å². The Morgan fingerprint density at radius 3 is 2.39 bits per heavy atom. The number of nitrogens with one attached hydrogen (secondary N) is 1. The smallest absolute Gasteiger partial charge is 0.412 e. The van der Waals surface area contributed by atoms with Crippen molar-refractivity contribution >= 4 is 23.4 Å². The van der Waals surface area contributed by atoms with Crippen LogP contribution in [0.15, 0.2) is 48.5 Å². The van der Waals surface area contributed by atoms with Gasteiger partial charge in [0.15, 0.2) is 0 Å². The normalized spacial score (nSPS) is 14.2. The van der Waals surface area contributed by atoms with E-state index >= 15 is 0 Å². The number of piperazine rings is 1. The van der Waals surface area contributed by atoms with Crippen molar-refractivity contribution in [3.63, 3.8) is 0 Å². The van der Waals surface area contributed by atoms with Crippen LogP contribution in [0.1, 0.15) is 38.1 Å². The predicted octanol–water partition coefficient (Wildman–Crippen LogP) is 4.39. The highest BCUT2D eigenvalue weighted by Gasteiger charge is 2.24. The molecule has 0 unspecified atom stereocenters. The van der Waals surface area contributed by atoms with E-state index in [1.54, 1.807) is 45.0 Å². The second kappa shape index (κ2) is 9.73. The Hall–Kier alpha value is -3.22. The summed E-state index contributed by atoms with van der Waals surface area (Å²) in [5, 5.41) is 2.69. The quantitative estimate of drug-likeness (QED) is 0.769. The maximum Gasteiger partial charge on any atom is 0.412 e. The molecule has 0 radical (unpaired) electrons. The van der Waals surface area contributed by atoms with Crippen LogP contribution in [0.2, 0.25) is 0 Å². The molecule has 1 aliphatic heterocycles. The summed E-state index contributed by atoms with van der Waals surface area (Å²) in [7, 11) is 0. The molecular weight excluding hydrogens is 394 g/mol. The molecule has 7 nitrogen and oxygen atoms in total. The SMILES string of the molecule is CCOc1ccccc1N1CCN(C(=O)c2cccc(NC(=O)OC(C)(C)C)c2)CC1. The van der Waals surface area contributed by atoms with Crippen LogP contribution in [-0.2, 0) is 4.74 Å². The van der Waals surface area contributed by atoms with E-state index in [2.05, 4.69) is 10.2 Å². The van der Waals surface area contributed by atoms with E-state index in [1.807, 2.05) is 36.1 Å². The van der Waals surface area contributed by atoms with Gasteiger partial charge in [0.05, 0.1) is 12.3 Å². The average Bonchev–Trinajstić information content (AvgIpc) is 2.73. The minimum atomic E-state index is -0.585. The minimum absolute atomic E-state index is 0.0504. The minimum Gasteiger partial charge on any atom is -0.492 e. The van der Waals surface area contributed by atoms with Crippen molar-refractivity contribution in [2.75, 3.05) is 43.0 Å². The molecule has 0 atom stereocenters. The van der Waals surface area contributed by atoms with Crippen LogP contribution in [0, 0.1) is 0 Å². The molecule has 1 heterocycles. The van der Waals surface area contributed by atoms with Gasteiger partial charge in [0.2, 0.25) is 0 Å². The zero-order valence-electron chi connectivity index (χ0n) is 18.7. The first kappa shape index (κ1) is 22.5. The Morgan fingerprint density at radius 1 is 1.00 bits per heavy atom. The van der Waals surface area contributed by atoms with Crippen LogP contribution >= 0.6 is 0 Å². The summed E-state index contributed by atoms with van der Waals surface area (Å²) in [4.78, 5) is 29.1. The monoisotopic (exact) mass is 425 g/mol. The van der Waals surface area contributed by atoms with Crippen molar-refractivity contribution in [1.29, 1.82) is 0 Å². The van der Waals surface area contributed by atoms with Gasteiger partial charge in [-0.05, 0) is 58.0 Å². The van der Waals surface area contributed by atoms with Crippen molar-refractivity contribution in [3.8, 4) is 5.75 Å². The molecule has 0 saturated carbocycles. The highest BCUT2D eigenvalue weighted by Crippen LogP contribution is 2.29. The molecule has 0 aliphatic carbocycles. The maximum absolute atomic E-state index is 13.0. The second-order valence-electron chi connectivity index (χ2n) is 8.39. The Balaban J connectivity index is 1.62. The lowest BCUT2D eigenvalue weighted by molar-refractivity contribution is 0.0634. The zero-order chi connectivity index (χ0) is 22.4. The molecular formula is C24H31N3O4. The van der Waals surface area contributed by atoms with Crippen LogP contribution in [0.5, 0.6) is 5.75 Å². The topological polar surface area (TPSA) is 71.1 Å². The molecule has 1 fully saturated rings. The van der Waals surface area contributed by atoms with Gasteiger partial charge in [-0.25, -0.2) is 4.79 Å².